The summed E-state index contributed by atoms with van der Waals surface area (Å²) >= 11 is 0. The standard InChI is InChI=1S/C44H82N4O11/c1-37(2)39(49)21-17-16-20-26-45-42(52)35-58-33-32-57-30-28-47-43(53)36-59-34-31-56-29-27-46-40(50)25-24-38(3)48-41(51)22-18-14-12-10-8-6-4-5-7-9-11-13-15-19-23-44(54)55/h37-38H,4-36H2,1-3H3,(H,45,52)(H,46,50)(H,47,53)(H,48,51)(H,54,55). The normalized spacial score (nSPS) is 11.7. The zero-order valence-corrected chi connectivity index (χ0v) is 37.0. The van der Waals surface area contributed by atoms with Gasteiger partial charge in [0.15, 0.2) is 0 Å². The van der Waals surface area contributed by atoms with Gasteiger partial charge < -0.3 is 45.3 Å². The number of carbonyl (C=O) groups is 6. The summed E-state index contributed by atoms with van der Waals surface area (Å²) < 4.78 is 21.5. The Balaban J connectivity index is 3.47. The fraction of sp³-hybridized carbons (Fsp3) is 0.864. The summed E-state index contributed by atoms with van der Waals surface area (Å²) in [4.78, 5) is 70.3. The lowest BCUT2D eigenvalue weighted by atomic mass is 10.0. The van der Waals surface area contributed by atoms with Crippen LogP contribution in [-0.4, -0.2) is 119 Å². The van der Waals surface area contributed by atoms with Crippen LogP contribution in [0, 0.1) is 5.92 Å². The van der Waals surface area contributed by atoms with Gasteiger partial charge >= 0.3 is 5.97 Å². The van der Waals surface area contributed by atoms with Gasteiger partial charge in [0, 0.05) is 57.3 Å². The van der Waals surface area contributed by atoms with E-state index in [0.717, 1.165) is 57.8 Å². The largest absolute Gasteiger partial charge is 0.481 e. The maximum atomic E-state index is 12.3. The van der Waals surface area contributed by atoms with Crippen molar-refractivity contribution in [2.24, 2.45) is 5.92 Å². The first kappa shape index (κ1) is 55.9. The van der Waals surface area contributed by atoms with E-state index < -0.39 is 5.97 Å². The Morgan fingerprint density at radius 2 is 0.831 bits per heavy atom. The Kier molecular flexibility index (Phi) is 39.4. The number of Topliss-reactive ketones (excluding diaryl/α,β-unsaturated/α-hetero) is 1. The molecule has 59 heavy (non-hydrogen) atoms. The molecule has 1 atom stereocenters. The first-order chi connectivity index (χ1) is 28.5. The molecule has 15 nitrogen and oxygen atoms in total. The van der Waals surface area contributed by atoms with Crippen molar-refractivity contribution < 1.29 is 52.8 Å². The van der Waals surface area contributed by atoms with Gasteiger partial charge in [-0.15, -0.1) is 0 Å². The molecule has 0 aromatic rings. The molecule has 0 rings (SSSR count). The number of unbranched alkanes of at least 4 members (excludes halogenated alkanes) is 15. The van der Waals surface area contributed by atoms with E-state index in [-0.39, 0.29) is 74.4 Å². The van der Waals surface area contributed by atoms with Gasteiger partial charge in [-0.25, -0.2) is 0 Å². The third kappa shape index (κ3) is 42.8. The Morgan fingerprint density at radius 3 is 1.32 bits per heavy atom. The van der Waals surface area contributed by atoms with Crippen LogP contribution in [0.4, 0.5) is 0 Å². The van der Waals surface area contributed by atoms with E-state index >= 15 is 0 Å². The summed E-state index contributed by atoms with van der Waals surface area (Å²) in [6, 6.07) is -0.0737. The number of ether oxygens (including phenoxy) is 4. The minimum atomic E-state index is -0.696. The molecule has 0 radical (unpaired) electrons. The summed E-state index contributed by atoms with van der Waals surface area (Å²) in [7, 11) is 0. The Morgan fingerprint density at radius 1 is 0.424 bits per heavy atom. The van der Waals surface area contributed by atoms with Crippen molar-refractivity contribution in [3.8, 4) is 0 Å². The smallest absolute Gasteiger partial charge is 0.303 e. The van der Waals surface area contributed by atoms with E-state index in [2.05, 4.69) is 21.3 Å². The molecule has 0 heterocycles. The zero-order chi connectivity index (χ0) is 43.6. The molecular formula is C44H82N4O11. The van der Waals surface area contributed by atoms with Gasteiger partial charge in [-0.2, -0.15) is 0 Å². The van der Waals surface area contributed by atoms with Gasteiger partial charge in [0.1, 0.15) is 19.0 Å². The molecule has 0 bridgehead atoms. The quantitative estimate of drug-likeness (QED) is 0.0464. The predicted molar refractivity (Wildman–Crippen MR) is 229 cm³/mol. The van der Waals surface area contributed by atoms with Crippen molar-refractivity contribution >= 4 is 35.4 Å². The third-order valence-corrected chi connectivity index (χ3v) is 9.67. The van der Waals surface area contributed by atoms with Crippen LogP contribution in [0.5, 0.6) is 0 Å². The summed E-state index contributed by atoms with van der Waals surface area (Å²) in [5.74, 6) is -0.863. The van der Waals surface area contributed by atoms with Crippen molar-refractivity contribution in [2.75, 3.05) is 72.5 Å². The second kappa shape index (κ2) is 41.6. The number of rotatable bonds is 44. The van der Waals surface area contributed by atoms with Gasteiger partial charge in [-0.05, 0) is 39.0 Å². The van der Waals surface area contributed by atoms with Crippen LogP contribution in [0.3, 0.4) is 0 Å². The zero-order valence-electron chi connectivity index (χ0n) is 37.0. The highest BCUT2D eigenvalue weighted by molar-refractivity contribution is 5.80. The molecule has 5 N–H and O–H groups in total. The first-order valence-electron chi connectivity index (χ1n) is 22.7. The minimum Gasteiger partial charge on any atom is -0.481 e. The van der Waals surface area contributed by atoms with Crippen LogP contribution < -0.4 is 21.3 Å². The number of aliphatic carboxylic acids is 1. The fourth-order valence-electron chi connectivity index (χ4n) is 6.05. The molecule has 0 fully saturated rings. The number of carboxylic acids is 1. The molecule has 0 saturated heterocycles. The maximum absolute atomic E-state index is 12.3. The number of hydrogen-bond acceptors (Lipinski definition) is 10. The molecular weight excluding hydrogens is 761 g/mol. The number of carbonyl (C=O) groups excluding carboxylic acids is 5. The number of hydrogen-bond donors (Lipinski definition) is 5. The van der Waals surface area contributed by atoms with Gasteiger partial charge in [-0.1, -0.05) is 97.3 Å². The molecule has 15 heteroatoms. The first-order valence-corrected chi connectivity index (χ1v) is 22.7. The molecule has 0 aliphatic carbocycles. The van der Waals surface area contributed by atoms with E-state index in [1.165, 1.54) is 51.4 Å². The van der Waals surface area contributed by atoms with Crippen molar-refractivity contribution in [1.29, 1.82) is 0 Å². The fourth-order valence-corrected chi connectivity index (χ4v) is 6.05. The minimum absolute atomic E-state index is 0.0374. The Labute approximate surface area is 355 Å². The average molecular weight is 843 g/mol. The van der Waals surface area contributed by atoms with Crippen molar-refractivity contribution in [2.45, 2.75) is 168 Å². The van der Waals surface area contributed by atoms with Crippen molar-refractivity contribution in [3.63, 3.8) is 0 Å². The molecule has 0 aromatic carbocycles. The van der Waals surface area contributed by atoms with E-state index in [1.54, 1.807) is 0 Å². The second-order valence-electron chi connectivity index (χ2n) is 15.7. The molecule has 0 aliphatic rings. The highest BCUT2D eigenvalue weighted by Crippen LogP contribution is 2.14. The van der Waals surface area contributed by atoms with Gasteiger partial charge in [0.2, 0.25) is 23.6 Å². The Hall–Kier alpha value is -3.14. The lowest BCUT2D eigenvalue weighted by Gasteiger charge is -2.14. The predicted octanol–water partition coefficient (Wildman–Crippen LogP) is 5.80. The lowest BCUT2D eigenvalue weighted by molar-refractivity contribution is -0.137. The molecule has 1 unspecified atom stereocenters. The number of carboxylic acid groups (broad SMARTS) is 1. The average Bonchev–Trinajstić information content (AvgIpc) is 3.19. The topological polar surface area (TPSA) is 208 Å². The molecule has 0 aliphatic heterocycles. The SMILES string of the molecule is CC(CCC(=O)NCCOCCOCC(=O)NCCOCCOCC(=O)NCCCCCC(=O)C(C)C)NC(=O)CCCCCCCCCCCCCCCCC(=O)O. The van der Waals surface area contributed by atoms with Gasteiger partial charge in [-0.3, -0.25) is 28.8 Å². The van der Waals surface area contributed by atoms with Crippen molar-refractivity contribution in [3.05, 3.63) is 0 Å². The number of ketones is 1. The highest BCUT2D eigenvalue weighted by atomic mass is 16.5. The van der Waals surface area contributed by atoms with Crippen molar-refractivity contribution in [1.82, 2.24) is 21.3 Å². The molecule has 0 aromatic heterocycles. The van der Waals surface area contributed by atoms with Gasteiger partial charge in [0.05, 0.1) is 39.6 Å². The number of nitrogens with one attached hydrogen (secondary N) is 4. The van der Waals surface area contributed by atoms with Crippen LogP contribution >= 0.6 is 0 Å². The van der Waals surface area contributed by atoms with Crippen LogP contribution in [0.15, 0.2) is 0 Å². The molecule has 0 spiro atoms. The monoisotopic (exact) mass is 843 g/mol. The summed E-state index contributed by atoms with van der Waals surface area (Å²) in [6.45, 7) is 8.52. The van der Waals surface area contributed by atoms with E-state index in [1.807, 2.05) is 20.8 Å². The highest BCUT2D eigenvalue weighted by Gasteiger charge is 2.10. The van der Waals surface area contributed by atoms with Crippen LogP contribution in [0.1, 0.15) is 162 Å². The van der Waals surface area contributed by atoms with Gasteiger partial charge in [0.25, 0.3) is 0 Å². The second-order valence-corrected chi connectivity index (χ2v) is 15.7. The molecule has 4 amide bonds. The van der Waals surface area contributed by atoms with E-state index in [0.29, 0.717) is 71.6 Å². The van der Waals surface area contributed by atoms with Crippen LogP contribution in [0.25, 0.3) is 0 Å². The summed E-state index contributed by atoms with van der Waals surface area (Å²) in [6.07, 6.45) is 20.9. The van der Waals surface area contributed by atoms with Crippen LogP contribution in [-0.2, 0) is 47.7 Å². The summed E-state index contributed by atoms with van der Waals surface area (Å²) in [5.41, 5.74) is 0. The number of amides is 4. The summed E-state index contributed by atoms with van der Waals surface area (Å²) in [5, 5.41) is 19.9. The Bertz CT molecular complexity index is 1090. The third-order valence-electron chi connectivity index (χ3n) is 9.67. The van der Waals surface area contributed by atoms with E-state index in [9.17, 15) is 28.8 Å². The lowest BCUT2D eigenvalue weighted by Crippen LogP contribution is -2.34. The van der Waals surface area contributed by atoms with Crippen LogP contribution in [0.2, 0.25) is 0 Å². The molecule has 0 saturated carbocycles. The maximum Gasteiger partial charge on any atom is 0.303 e. The molecule has 344 valence electrons. The van der Waals surface area contributed by atoms with E-state index in [4.69, 9.17) is 24.1 Å².